The predicted molar refractivity (Wildman–Crippen MR) is 286 cm³/mol. The molecular formula is C54H81N13O. The summed E-state index contributed by atoms with van der Waals surface area (Å²) in [6.45, 7) is 39.6. The number of allylic oxidation sites excluding steroid dienone is 8. The van der Waals surface area contributed by atoms with E-state index in [9.17, 15) is 0 Å². The van der Waals surface area contributed by atoms with Crippen LogP contribution in [0.2, 0.25) is 0 Å². The second-order valence-corrected chi connectivity index (χ2v) is 17.8. The maximum Gasteiger partial charge on any atom is 0.208 e. The summed E-state index contributed by atoms with van der Waals surface area (Å²) in [5.41, 5.74) is 28.4. The summed E-state index contributed by atoms with van der Waals surface area (Å²) in [6, 6.07) is 3.28. The summed E-state index contributed by atoms with van der Waals surface area (Å²) in [7, 11) is 1.50. The molecule has 0 saturated carbocycles. The number of imidazole rings is 2. The lowest BCUT2D eigenvalue weighted by Gasteiger charge is -2.41. The van der Waals surface area contributed by atoms with Crippen molar-refractivity contribution < 1.29 is 4.74 Å². The summed E-state index contributed by atoms with van der Waals surface area (Å²) in [5, 5.41) is 11.9. The lowest BCUT2D eigenvalue weighted by Crippen LogP contribution is -2.51. The smallest absolute Gasteiger partial charge is 0.208 e. The van der Waals surface area contributed by atoms with Crippen LogP contribution in [0.1, 0.15) is 132 Å². The second kappa shape index (κ2) is 24.9. The van der Waals surface area contributed by atoms with Crippen molar-refractivity contribution in [3.8, 4) is 0 Å². The van der Waals surface area contributed by atoms with Gasteiger partial charge in [0.15, 0.2) is 0 Å². The van der Waals surface area contributed by atoms with Crippen LogP contribution in [0, 0.1) is 6.92 Å². The topological polar surface area (TPSA) is 180 Å². The lowest BCUT2D eigenvalue weighted by molar-refractivity contribution is -0.0408. The second-order valence-electron chi connectivity index (χ2n) is 17.8. The van der Waals surface area contributed by atoms with E-state index in [1.54, 1.807) is 0 Å². The summed E-state index contributed by atoms with van der Waals surface area (Å²) < 4.78 is 12.7. The first-order chi connectivity index (χ1) is 32.8. The van der Waals surface area contributed by atoms with Gasteiger partial charge in [-0.05, 0) is 121 Å². The van der Waals surface area contributed by atoms with E-state index >= 15 is 0 Å². The maximum absolute atomic E-state index is 6.49. The van der Waals surface area contributed by atoms with Crippen molar-refractivity contribution in [2.75, 3.05) is 37.4 Å². The minimum atomic E-state index is 0.169. The molecule has 2 bridgehead atoms. The Hall–Kier alpha value is -5.96. The summed E-state index contributed by atoms with van der Waals surface area (Å²) in [4.78, 5) is 18.1. The minimum absolute atomic E-state index is 0.169. The number of rotatable bonds is 14. The van der Waals surface area contributed by atoms with Crippen molar-refractivity contribution in [1.29, 1.82) is 0 Å². The fourth-order valence-electron chi connectivity index (χ4n) is 10.2. The van der Waals surface area contributed by atoms with Crippen LogP contribution in [0.4, 0.5) is 11.9 Å². The molecule has 7 rings (SSSR count). The van der Waals surface area contributed by atoms with E-state index in [1.807, 2.05) is 57.5 Å². The van der Waals surface area contributed by atoms with Crippen molar-refractivity contribution in [2.24, 2.45) is 22.2 Å². The van der Waals surface area contributed by atoms with Crippen LogP contribution in [0.15, 0.2) is 103 Å². The van der Waals surface area contributed by atoms with Gasteiger partial charge in [0, 0.05) is 67.3 Å². The number of hydrogen-bond donors (Lipinski definition) is 5. The summed E-state index contributed by atoms with van der Waals surface area (Å²) in [6.07, 6.45) is 21.3. The third kappa shape index (κ3) is 12.2. The number of morpholine rings is 1. The van der Waals surface area contributed by atoms with E-state index in [0.717, 1.165) is 97.2 Å². The van der Waals surface area contributed by atoms with Crippen LogP contribution < -0.4 is 27.8 Å². The van der Waals surface area contributed by atoms with E-state index in [1.165, 1.54) is 25.6 Å². The number of nitrogens with one attached hydrogen (secondary N) is 2. The molecule has 3 aromatic heterocycles. The SMILES string of the molecule is C=CC(C=C)=Cc1nc(NC(=C)c2cc(C)nn2CC)n2c1C(C)CCC(N1C3CCC1COC3)CCC1CC(C(=C)N)=Cc3nc(NC(=C)C(/C=C(/C)N)=NCC)n(c31)C/C=C/C2.CC.CN. The number of hydrogen-bond acceptors (Lipinski definition) is 11. The molecule has 368 valence electrons. The molecule has 0 spiro atoms. The molecule has 8 N–H and O–H groups in total. The van der Waals surface area contributed by atoms with E-state index in [-0.39, 0.29) is 11.8 Å². The fraction of sp³-hybridized carbons (Fsp3) is 0.481. The molecule has 0 amide bonds. The quantitative estimate of drug-likeness (QED) is 0.0594. The maximum atomic E-state index is 6.49. The van der Waals surface area contributed by atoms with Crippen molar-refractivity contribution >= 4 is 35.5 Å². The molecule has 14 heteroatoms. The number of ether oxygens (including phenoxy) is 1. The number of aromatic nitrogens is 6. The molecule has 0 radical (unpaired) electrons. The monoisotopic (exact) mass is 928 g/mol. The highest BCUT2D eigenvalue weighted by molar-refractivity contribution is 6.09. The standard InChI is InChI=1S/C51H70N12O.C2H6.CH5N/c1-11-38(12-2)27-45-48-32(5)17-19-41(63-42-21-22-43(63)31-64-30-42)20-18-39-28-40(35(8)53)29-46-49(39)61(50(58-46)55-36(9)44(54-13-3)25-33(6)52)24-16-15-23-60(48)51(57-45)56-37(10)47-26-34(7)59-62(47)14-4;2*1-2/h11-12,15-16,25-27,29,32,39,41-43H,1-2,8-10,13-14,17-24,28,30-31,52-53H2,3-7H3,(H,55,58)(H,56,57);1-2H3;2H2,1H3/b16-15+,33-25-,54-44?;;. The Morgan fingerprint density at radius 3 is 2.10 bits per heavy atom. The Bertz CT molecular complexity index is 2400. The van der Waals surface area contributed by atoms with Crippen molar-refractivity contribution in [3.05, 3.63) is 132 Å². The van der Waals surface area contributed by atoms with E-state index in [4.69, 9.17) is 36.3 Å². The third-order valence-electron chi connectivity index (χ3n) is 13.2. The van der Waals surface area contributed by atoms with Crippen LogP contribution in [-0.4, -0.2) is 84.4 Å². The van der Waals surface area contributed by atoms with E-state index in [2.05, 4.69) is 108 Å². The van der Waals surface area contributed by atoms with Crippen LogP contribution in [0.5, 0.6) is 0 Å². The number of nitrogens with two attached hydrogens (primary N) is 3. The van der Waals surface area contributed by atoms with Gasteiger partial charge in [-0.3, -0.25) is 14.6 Å². The fourth-order valence-corrected chi connectivity index (χ4v) is 10.2. The average molecular weight is 928 g/mol. The normalized spacial score (nSPS) is 22.2. The first kappa shape index (κ1) is 53.0. The number of aliphatic imine (C=N–C) groups is 1. The highest BCUT2D eigenvalue weighted by Gasteiger charge is 2.42. The van der Waals surface area contributed by atoms with Gasteiger partial charge in [-0.15, -0.1) is 0 Å². The molecule has 0 aromatic carbocycles. The Labute approximate surface area is 407 Å². The Kier molecular flexibility index (Phi) is 19.4. The van der Waals surface area contributed by atoms with Crippen LogP contribution in [0.3, 0.4) is 0 Å². The zero-order valence-electron chi connectivity index (χ0n) is 42.5. The van der Waals surface area contributed by atoms with Gasteiger partial charge in [-0.2, -0.15) is 5.10 Å². The zero-order valence-corrected chi connectivity index (χ0v) is 42.5. The van der Waals surface area contributed by atoms with Crippen molar-refractivity contribution in [2.45, 2.75) is 143 Å². The number of anilines is 2. The lowest BCUT2D eigenvalue weighted by atomic mass is 9.83. The molecule has 5 unspecified atom stereocenters. The van der Waals surface area contributed by atoms with Gasteiger partial charge in [0.25, 0.3) is 0 Å². The number of aryl methyl sites for hydroxylation is 2. The molecule has 68 heavy (non-hydrogen) atoms. The molecular weight excluding hydrogens is 847 g/mol. The molecule has 3 aliphatic heterocycles. The Morgan fingerprint density at radius 1 is 0.882 bits per heavy atom. The van der Waals surface area contributed by atoms with E-state index in [0.29, 0.717) is 72.5 Å². The number of nitrogens with zero attached hydrogens (tertiary/aromatic N) is 8. The first-order valence-electron chi connectivity index (χ1n) is 24.7. The van der Waals surface area contributed by atoms with Crippen LogP contribution >= 0.6 is 0 Å². The molecule has 5 atom stereocenters. The van der Waals surface area contributed by atoms with E-state index < -0.39 is 0 Å². The summed E-state index contributed by atoms with van der Waals surface area (Å²) >= 11 is 0. The molecule has 4 aliphatic rings. The molecule has 6 heterocycles. The predicted octanol–water partition coefficient (Wildman–Crippen LogP) is 9.80. The van der Waals surface area contributed by atoms with Crippen molar-refractivity contribution in [3.63, 3.8) is 0 Å². The summed E-state index contributed by atoms with van der Waals surface area (Å²) in [5.74, 6) is 1.75. The third-order valence-corrected chi connectivity index (χ3v) is 13.2. The van der Waals surface area contributed by atoms with Crippen molar-refractivity contribution in [1.82, 2.24) is 33.8 Å². The molecule has 3 aromatic rings. The van der Waals surface area contributed by atoms with Gasteiger partial charge in [0.2, 0.25) is 11.9 Å². The van der Waals surface area contributed by atoms with Gasteiger partial charge >= 0.3 is 0 Å². The molecule has 14 nitrogen and oxygen atoms in total. The van der Waals surface area contributed by atoms with Gasteiger partial charge in [-0.25, -0.2) is 9.97 Å². The zero-order chi connectivity index (χ0) is 49.7. The molecule has 2 saturated heterocycles. The number of fused-ring (bicyclic) bond motifs is 3. The van der Waals surface area contributed by atoms with Gasteiger partial charge in [-0.1, -0.05) is 78.0 Å². The Morgan fingerprint density at radius 2 is 1.50 bits per heavy atom. The van der Waals surface area contributed by atoms with Crippen LogP contribution in [-0.2, 0) is 24.4 Å². The average Bonchev–Trinajstić information content (AvgIpc) is 4.06. The highest BCUT2D eigenvalue weighted by Crippen LogP contribution is 2.43. The minimum Gasteiger partial charge on any atom is -0.402 e. The highest BCUT2D eigenvalue weighted by atomic mass is 16.5. The van der Waals surface area contributed by atoms with Gasteiger partial charge in [0.05, 0.1) is 58.8 Å². The largest absolute Gasteiger partial charge is 0.402 e. The van der Waals surface area contributed by atoms with Gasteiger partial charge < -0.3 is 41.7 Å². The first-order valence-corrected chi connectivity index (χ1v) is 24.7. The van der Waals surface area contributed by atoms with Gasteiger partial charge in [0.1, 0.15) is 0 Å². The van der Waals surface area contributed by atoms with Crippen LogP contribution in [0.25, 0.3) is 17.8 Å². The molecule has 1 aliphatic carbocycles. The Balaban J connectivity index is 0.00000210. The molecule has 2 fully saturated rings.